The summed E-state index contributed by atoms with van der Waals surface area (Å²) in [5, 5.41) is 0. The Balaban J connectivity index is 1.87. The van der Waals surface area contributed by atoms with Gasteiger partial charge in [0.15, 0.2) is 0 Å². The molecule has 1 aromatic rings. The maximum absolute atomic E-state index is 6.11. The van der Waals surface area contributed by atoms with Gasteiger partial charge in [-0.3, -0.25) is 0 Å². The Morgan fingerprint density at radius 1 is 1.47 bits per heavy atom. The van der Waals surface area contributed by atoms with E-state index in [1.165, 1.54) is 11.1 Å². The molecule has 0 amide bonds. The lowest BCUT2D eigenvalue weighted by atomic mass is 9.74. The van der Waals surface area contributed by atoms with Gasteiger partial charge in [0.25, 0.3) is 0 Å². The van der Waals surface area contributed by atoms with Gasteiger partial charge in [0.2, 0.25) is 0 Å². The summed E-state index contributed by atoms with van der Waals surface area (Å²) in [6.45, 7) is 3.62. The highest BCUT2D eigenvalue weighted by molar-refractivity contribution is 5.41. The van der Waals surface area contributed by atoms with Gasteiger partial charge >= 0.3 is 0 Å². The molecule has 2 rings (SSSR count). The lowest BCUT2D eigenvalue weighted by Gasteiger charge is -2.34. The fourth-order valence-electron chi connectivity index (χ4n) is 2.16. The van der Waals surface area contributed by atoms with Crippen molar-refractivity contribution in [2.75, 3.05) is 13.2 Å². The van der Waals surface area contributed by atoms with Crippen LogP contribution < -0.4 is 5.73 Å². The highest BCUT2D eigenvalue weighted by Crippen LogP contribution is 2.36. The summed E-state index contributed by atoms with van der Waals surface area (Å²) < 4.78 is 5.49. The van der Waals surface area contributed by atoms with Gasteiger partial charge in [-0.1, -0.05) is 31.2 Å². The van der Waals surface area contributed by atoms with Gasteiger partial charge in [0, 0.05) is 18.6 Å². The minimum atomic E-state index is 0.159. The molecule has 2 atom stereocenters. The molecule has 0 spiro atoms. The quantitative estimate of drug-likeness (QED) is 0.747. The van der Waals surface area contributed by atoms with Crippen LogP contribution >= 0.6 is 0 Å². The van der Waals surface area contributed by atoms with Crippen molar-refractivity contribution >= 4 is 0 Å². The summed E-state index contributed by atoms with van der Waals surface area (Å²) >= 11 is 0. The van der Waals surface area contributed by atoms with Crippen LogP contribution in [0, 0.1) is 0 Å². The molecule has 0 heterocycles. The van der Waals surface area contributed by atoms with E-state index in [0.29, 0.717) is 12.5 Å². The molecule has 2 N–H and O–H groups in total. The Kier molecular flexibility index (Phi) is 3.39. The molecule has 2 heteroatoms. The first kappa shape index (κ1) is 10.7. The minimum Gasteiger partial charge on any atom is -0.380 e. The monoisotopic (exact) mass is 205 g/mol. The number of rotatable bonds is 5. The topological polar surface area (TPSA) is 35.2 Å². The van der Waals surface area contributed by atoms with Crippen LogP contribution in [-0.4, -0.2) is 19.3 Å². The van der Waals surface area contributed by atoms with E-state index in [2.05, 4.69) is 31.2 Å². The van der Waals surface area contributed by atoms with Crippen molar-refractivity contribution in [2.24, 2.45) is 5.73 Å². The van der Waals surface area contributed by atoms with E-state index in [-0.39, 0.29) is 6.04 Å². The van der Waals surface area contributed by atoms with Crippen molar-refractivity contribution in [2.45, 2.75) is 31.7 Å². The zero-order chi connectivity index (χ0) is 10.7. The molecule has 15 heavy (non-hydrogen) atoms. The lowest BCUT2D eigenvalue weighted by molar-refractivity contribution is 0.112. The van der Waals surface area contributed by atoms with Gasteiger partial charge in [-0.2, -0.15) is 0 Å². The summed E-state index contributed by atoms with van der Waals surface area (Å²) in [5.74, 6) is 0.512. The summed E-state index contributed by atoms with van der Waals surface area (Å²) in [6.07, 6.45) is 2.18. The van der Waals surface area contributed by atoms with Gasteiger partial charge in [-0.25, -0.2) is 0 Å². The van der Waals surface area contributed by atoms with Crippen molar-refractivity contribution < 1.29 is 4.74 Å². The third kappa shape index (κ3) is 2.21. The summed E-state index contributed by atoms with van der Waals surface area (Å²) in [5.41, 5.74) is 8.98. The highest BCUT2D eigenvalue weighted by Gasteiger charge is 2.30. The maximum atomic E-state index is 6.11. The fourth-order valence-corrected chi connectivity index (χ4v) is 2.16. The predicted molar refractivity (Wildman–Crippen MR) is 62.0 cm³/mol. The van der Waals surface area contributed by atoms with E-state index < -0.39 is 0 Å². The second-order valence-corrected chi connectivity index (χ2v) is 4.25. The van der Waals surface area contributed by atoms with E-state index in [9.17, 15) is 0 Å². The van der Waals surface area contributed by atoms with Crippen LogP contribution in [0.15, 0.2) is 24.3 Å². The molecule has 0 aromatic heterocycles. The van der Waals surface area contributed by atoms with E-state index in [1.807, 2.05) is 0 Å². The van der Waals surface area contributed by atoms with Gasteiger partial charge in [0.1, 0.15) is 0 Å². The molecule has 82 valence electrons. The Morgan fingerprint density at radius 2 is 2.27 bits per heavy atom. The Bertz CT molecular complexity index is 324. The third-order valence-electron chi connectivity index (χ3n) is 3.07. The maximum Gasteiger partial charge on any atom is 0.0623 e. The first-order valence-electron chi connectivity index (χ1n) is 5.74. The van der Waals surface area contributed by atoms with Crippen LogP contribution in [0.1, 0.15) is 30.4 Å². The van der Waals surface area contributed by atoms with Gasteiger partial charge in [-0.15, -0.1) is 0 Å². The van der Waals surface area contributed by atoms with Gasteiger partial charge < -0.3 is 10.5 Å². The predicted octanol–water partition coefficient (Wildman–Crippen LogP) is 2.08. The van der Waals surface area contributed by atoms with Crippen molar-refractivity contribution in [1.29, 1.82) is 0 Å². The summed E-state index contributed by atoms with van der Waals surface area (Å²) in [4.78, 5) is 0. The Hall–Kier alpha value is -0.860. The number of hydrogen-bond donors (Lipinski definition) is 1. The smallest absolute Gasteiger partial charge is 0.0623 e. The average molecular weight is 205 g/mol. The zero-order valence-corrected chi connectivity index (χ0v) is 9.28. The third-order valence-corrected chi connectivity index (χ3v) is 3.07. The molecule has 0 fully saturated rings. The van der Waals surface area contributed by atoms with Crippen LogP contribution in [0.3, 0.4) is 0 Å². The SMILES string of the molecule is CCCOCC(N)C1Cc2ccccc21. The molecule has 2 unspecified atom stereocenters. The number of hydrogen-bond acceptors (Lipinski definition) is 2. The summed E-state index contributed by atoms with van der Waals surface area (Å²) in [7, 11) is 0. The van der Waals surface area contributed by atoms with Crippen molar-refractivity contribution in [3.8, 4) is 0 Å². The standard InChI is InChI=1S/C13H19NO/c1-2-7-15-9-13(14)12-8-10-5-3-4-6-11(10)12/h3-6,12-13H,2,7-9,14H2,1H3. The molecular formula is C13H19NO. The van der Waals surface area contributed by atoms with E-state index in [0.717, 1.165) is 19.4 Å². The normalized spacial score (nSPS) is 20.5. The molecule has 0 radical (unpaired) electrons. The van der Waals surface area contributed by atoms with Crippen molar-refractivity contribution in [3.05, 3.63) is 35.4 Å². The highest BCUT2D eigenvalue weighted by atomic mass is 16.5. The lowest BCUT2D eigenvalue weighted by Crippen LogP contribution is -2.39. The molecule has 0 aliphatic heterocycles. The molecule has 1 aliphatic carbocycles. The fraction of sp³-hybridized carbons (Fsp3) is 0.538. The van der Waals surface area contributed by atoms with E-state index >= 15 is 0 Å². The molecular weight excluding hydrogens is 186 g/mol. The van der Waals surface area contributed by atoms with Crippen molar-refractivity contribution in [3.63, 3.8) is 0 Å². The zero-order valence-electron chi connectivity index (χ0n) is 9.28. The van der Waals surface area contributed by atoms with Crippen LogP contribution in [0.25, 0.3) is 0 Å². The average Bonchev–Trinajstić information content (AvgIpc) is 2.20. The first-order valence-corrected chi connectivity index (χ1v) is 5.74. The van der Waals surface area contributed by atoms with Gasteiger partial charge in [0.05, 0.1) is 6.61 Å². The van der Waals surface area contributed by atoms with Gasteiger partial charge in [-0.05, 0) is 24.0 Å². The number of nitrogens with two attached hydrogens (primary N) is 1. The number of benzene rings is 1. The van der Waals surface area contributed by atoms with Crippen LogP contribution in [0.4, 0.5) is 0 Å². The number of ether oxygens (including phenoxy) is 1. The van der Waals surface area contributed by atoms with Crippen molar-refractivity contribution in [1.82, 2.24) is 0 Å². The minimum absolute atomic E-state index is 0.159. The molecule has 2 nitrogen and oxygen atoms in total. The van der Waals surface area contributed by atoms with Crippen LogP contribution in [0.5, 0.6) is 0 Å². The second kappa shape index (κ2) is 4.77. The molecule has 0 saturated heterocycles. The molecule has 0 saturated carbocycles. The molecule has 0 bridgehead atoms. The van der Waals surface area contributed by atoms with Crippen LogP contribution in [0.2, 0.25) is 0 Å². The number of fused-ring (bicyclic) bond motifs is 1. The van der Waals surface area contributed by atoms with Crippen LogP contribution in [-0.2, 0) is 11.2 Å². The molecule has 1 aromatic carbocycles. The largest absolute Gasteiger partial charge is 0.380 e. The first-order chi connectivity index (χ1) is 7.33. The Labute approximate surface area is 91.4 Å². The Morgan fingerprint density at radius 3 is 3.00 bits per heavy atom. The summed E-state index contributed by atoms with van der Waals surface area (Å²) in [6, 6.07) is 8.71. The second-order valence-electron chi connectivity index (χ2n) is 4.25. The molecule has 1 aliphatic rings. The van der Waals surface area contributed by atoms with E-state index in [4.69, 9.17) is 10.5 Å². The van der Waals surface area contributed by atoms with E-state index in [1.54, 1.807) is 0 Å².